The average molecular weight is 289 g/mol. The van der Waals surface area contributed by atoms with Crippen LogP contribution in [0.3, 0.4) is 0 Å². The number of aryl methyl sites for hydroxylation is 1. The molecule has 0 aliphatic rings. The van der Waals surface area contributed by atoms with Crippen molar-refractivity contribution in [1.29, 1.82) is 0 Å². The number of aromatic nitrogens is 1. The van der Waals surface area contributed by atoms with Crippen LogP contribution >= 0.6 is 0 Å². The number of carbonyl (C=O) groups is 2. The Morgan fingerprint density at radius 2 is 1.76 bits per heavy atom. The molecule has 0 unspecified atom stereocenters. The van der Waals surface area contributed by atoms with Crippen molar-refractivity contribution in [2.75, 3.05) is 13.2 Å². The van der Waals surface area contributed by atoms with Crippen LogP contribution in [-0.2, 0) is 27.7 Å². The summed E-state index contributed by atoms with van der Waals surface area (Å²) in [5, 5.41) is 0.871. The predicted molar refractivity (Wildman–Crippen MR) is 79.2 cm³/mol. The van der Waals surface area contributed by atoms with Crippen molar-refractivity contribution in [3.8, 4) is 0 Å². The number of ether oxygens (including phenoxy) is 2. The molecule has 2 aromatic rings. The lowest BCUT2D eigenvalue weighted by Gasteiger charge is -2.07. The number of benzene rings is 1. The number of hydrogen-bond acceptors (Lipinski definition) is 4. The van der Waals surface area contributed by atoms with Crippen molar-refractivity contribution < 1.29 is 19.1 Å². The zero-order valence-electron chi connectivity index (χ0n) is 12.5. The maximum atomic E-state index is 12.2. The fourth-order valence-corrected chi connectivity index (χ4v) is 2.47. The van der Waals surface area contributed by atoms with Crippen molar-refractivity contribution >= 4 is 22.8 Å². The normalized spacial score (nSPS) is 10.6. The van der Waals surface area contributed by atoms with Gasteiger partial charge >= 0.3 is 11.9 Å². The molecule has 0 amide bonds. The van der Waals surface area contributed by atoms with Gasteiger partial charge in [0.2, 0.25) is 0 Å². The minimum Gasteiger partial charge on any atom is -0.466 e. The van der Waals surface area contributed by atoms with Crippen LogP contribution in [0.15, 0.2) is 24.3 Å². The van der Waals surface area contributed by atoms with Crippen LogP contribution in [0.25, 0.3) is 10.9 Å². The van der Waals surface area contributed by atoms with Crippen molar-refractivity contribution in [2.24, 2.45) is 7.05 Å². The summed E-state index contributed by atoms with van der Waals surface area (Å²) in [7, 11) is 1.79. The van der Waals surface area contributed by atoms with Gasteiger partial charge in [-0.25, -0.2) is 4.79 Å². The number of rotatable bonds is 5. The maximum absolute atomic E-state index is 12.2. The predicted octanol–water partition coefficient (Wildman–Crippen LogP) is 2.46. The molecule has 0 saturated carbocycles. The Kier molecular flexibility index (Phi) is 4.62. The summed E-state index contributed by atoms with van der Waals surface area (Å²) in [6, 6.07) is 7.58. The third-order valence-electron chi connectivity index (χ3n) is 3.31. The lowest BCUT2D eigenvalue weighted by atomic mass is 10.1. The fourth-order valence-electron chi connectivity index (χ4n) is 2.47. The smallest absolute Gasteiger partial charge is 0.355 e. The highest BCUT2D eigenvalue weighted by Crippen LogP contribution is 2.26. The zero-order valence-corrected chi connectivity index (χ0v) is 12.5. The molecule has 5 nitrogen and oxygen atoms in total. The number of fused-ring (bicyclic) bond motifs is 1. The molecule has 112 valence electrons. The summed E-state index contributed by atoms with van der Waals surface area (Å²) in [5.74, 6) is -0.769. The van der Waals surface area contributed by atoms with E-state index in [1.165, 1.54) is 0 Å². The quantitative estimate of drug-likeness (QED) is 0.793. The Morgan fingerprint density at radius 1 is 1.10 bits per heavy atom. The van der Waals surface area contributed by atoms with Gasteiger partial charge in [-0.3, -0.25) is 4.79 Å². The Balaban J connectivity index is 2.56. The standard InChI is InChI=1S/C16H19NO4/c1-4-20-14(18)10-12-11-8-6-7-9-13(11)17(3)15(12)16(19)21-5-2/h6-9H,4-5,10H2,1-3H3. The molecule has 0 bridgehead atoms. The Bertz CT molecular complexity index is 672. The highest BCUT2D eigenvalue weighted by molar-refractivity contribution is 6.01. The number of esters is 2. The van der Waals surface area contributed by atoms with Crippen LogP contribution < -0.4 is 0 Å². The SMILES string of the molecule is CCOC(=O)Cc1c(C(=O)OCC)n(C)c2ccccc12. The van der Waals surface area contributed by atoms with Gasteiger partial charge < -0.3 is 14.0 Å². The van der Waals surface area contributed by atoms with Crippen molar-refractivity contribution in [3.05, 3.63) is 35.5 Å². The molecule has 0 spiro atoms. The van der Waals surface area contributed by atoms with Gasteiger partial charge in [0.25, 0.3) is 0 Å². The van der Waals surface area contributed by atoms with E-state index < -0.39 is 5.97 Å². The molecule has 5 heteroatoms. The van der Waals surface area contributed by atoms with Gasteiger partial charge in [-0.05, 0) is 19.9 Å². The fraction of sp³-hybridized carbons (Fsp3) is 0.375. The lowest BCUT2D eigenvalue weighted by molar-refractivity contribution is -0.142. The molecule has 1 aromatic heterocycles. The van der Waals surface area contributed by atoms with E-state index in [1.54, 1.807) is 25.5 Å². The van der Waals surface area contributed by atoms with Gasteiger partial charge in [-0.2, -0.15) is 0 Å². The van der Waals surface area contributed by atoms with Gasteiger partial charge in [-0.15, -0.1) is 0 Å². The topological polar surface area (TPSA) is 57.5 Å². The molecule has 1 aromatic carbocycles. The summed E-state index contributed by atoms with van der Waals surface area (Å²) < 4.78 is 11.9. The Hall–Kier alpha value is -2.30. The molecule has 2 rings (SSSR count). The highest BCUT2D eigenvalue weighted by Gasteiger charge is 2.23. The van der Waals surface area contributed by atoms with Gasteiger partial charge in [0.05, 0.1) is 19.6 Å². The average Bonchev–Trinajstić information content (AvgIpc) is 2.73. The van der Waals surface area contributed by atoms with E-state index in [2.05, 4.69) is 0 Å². The Labute approximate surface area is 123 Å². The molecular formula is C16H19NO4. The second-order valence-corrected chi connectivity index (χ2v) is 4.61. The maximum Gasteiger partial charge on any atom is 0.355 e. The number of hydrogen-bond donors (Lipinski definition) is 0. The number of nitrogens with zero attached hydrogens (tertiary/aromatic N) is 1. The van der Waals surface area contributed by atoms with E-state index >= 15 is 0 Å². The zero-order chi connectivity index (χ0) is 15.4. The van der Waals surface area contributed by atoms with E-state index in [1.807, 2.05) is 24.3 Å². The van der Waals surface area contributed by atoms with E-state index in [9.17, 15) is 9.59 Å². The largest absolute Gasteiger partial charge is 0.466 e. The monoisotopic (exact) mass is 289 g/mol. The van der Waals surface area contributed by atoms with Crippen LogP contribution in [0, 0.1) is 0 Å². The molecule has 1 heterocycles. The second kappa shape index (κ2) is 6.43. The van der Waals surface area contributed by atoms with Gasteiger partial charge in [0.15, 0.2) is 0 Å². The minimum absolute atomic E-state index is 0.0589. The van der Waals surface area contributed by atoms with Gasteiger partial charge in [0, 0.05) is 23.5 Å². The van der Waals surface area contributed by atoms with Crippen LogP contribution in [0.4, 0.5) is 0 Å². The summed E-state index contributed by atoms with van der Waals surface area (Å²) in [6.45, 7) is 4.12. The van der Waals surface area contributed by atoms with Crippen LogP contribution in [0.5, 0.6) is 0 Å². The van der Waals surface area contributed by atoms with Crippen molar-refractivity contribution in [3.63, 3.8) is 0 Å². The molecule has 0 atom stereocenters. The molecule has 0 aliphatic heterocycles. The summed E-state index contributed by atoms with van der Waals surface area (Å²) in [6.07, 6.45) is 0.0589. The van der Waals surface area contributed by atoms with E-state index in [-0.39, 0.29) is 12.4 Å². The second-order valence-electron chi connectivity index (χ2n) is 4.61. The van der Waals surface area contributed by atoms with Crippen LogP contribution in [-0.4, -0.2) is 29.7 Å². The molecule has 21 heavy (non-hydrogen) atoms. The summed E-state index contributed by atoms with van der Waals surface area (Å²) in [4.78, 5) is 24.0. The molecule has 0 fully saturated rings. The molecule has 0 radical (unpaired) electrons. The van der Waals surface area contributed by atoms with Gasteiger partial charge in [-0.1, -0.05) is 18.2 Å². The van der Waals surface area contributed by atoms with E-state index in [0.29, 0.717) is 24.5 Å². The first-order chi connectivity index (χ1) is 10.1. The Morgan fingerprint density at radius 3 is 2.43 bits per heavy atom. The van der Waals surface area contributed by atoms with Crippen LogP contribution in [0.2, 0.25) is 0 Å². The third-order valence-corrected chi connectivity index (χ3v) is 3.31. The van der Waals surface area contributed by atoms with Crippen molar-refractivity contribution in [2.45, 2.75) is 20.3 Å². The summed E-state index contributed by atoms with van der Waals surface area (Å²) >= 11 is 0. The first kappa shape index (κ1) is 15.1. The highest BCUT2D eigenvalue weighted by atomic mass is 16.5. The van der Waals surface area contributed by atoms with Gasteiger partial charge in [0.1, 0.15) is 5.69 Å². The van der Waals surface area contributed by atoms with E-state index in [0.717, 1.165) is 10.9 Å². The first-order valence-electron chi connectivity index (χ1n) is 6.99. The lowest BCUT2D eigenvalue weighted by Crippen LogP contribution is -2.15. The molecular weight excluding hydrogens is 270 g/mol. The number of para-hydroxylation sites is 1. The summed E-state index contributed by atoms with van der Waals surface area (Å²) in [5.41, 5.74) is 1.95. The number of carbonyl (C=O) groups excluding carboxylic acids is 2. The van der Waals surface area contributed by atoms with Crippen LogP contribution in [0.1, 0.15) is 29.9 Å². The molecule has 0 saturated heterocycles. The van der Waals surface area contributed by atoms with E-state index in [4.69, 9.17) is 9.47 Å². The molecule has 0 N–H and O–H groups in total. The van der Waals surface area contributed by atoms with Crippen molar-refractivity contribution in [1.82, 2.24) is 4.57 Å². The molecule has 0 aliphatic carbocycles. The first-order valence-corrected chi connectivity index (χ1v) is 6.99. The third kappa shape index (κ3) is 2.91. The minimum atomic E-state index is -0.421.